The van der Waals surface area contributed by atoms with Gasteiger partial charge in [0.25, 0.3) is 5.91 Å². The van der Waals surface area contributed by atoms with E-state index < -0.39 is 0 Å². The number of hydrogen-bond donors (Lipinski definition) is 1. The summed E-state index contributed by atoms with van der Waals surface area (Å²) >= 11 is 0. The van der Waals surface area contributed by atoms with Gasteiger partial charge >= 0.3 is 0 Å². The Morgan fingerprint density at radius 3 is 2.73 bits per heavy atom. The number of benzene rings is 1. The third kappa shape index (κ3) is 3.95. The normalized spacial score (nSPS) is 17.0. The molecule has 1 N–H and O–H groups in total. The fourth-order valence-corrected chi connectivity index (χ4v) is 3.73. The molecule has 2 heterocycles. The molecule has 2 aromatic rings. The lowest BCUT2D eigenvalue weighted by atomic mass is 10.1. The van der Waals surface area contributed by atoms with E-state index in [0.717, 1.165) is 50.5 Å². The van der Waals surface area contributed by atoms with Gasteiger partial charge in [-0.05, 0) is 61.4 Å². The van der Waals surface area contributed by atoms with Gasteiger partial charge in [0.15, 0.2) is 6.61 Å². The first kappa shape index (κ1) is 16.8. The maximum absolute atomic E-state index is 12.2. The van der Waals surface area contributed by atoms with Crippen LogP contribution in [0, 0.1) is 0 Å². The van der Waals surface area contributed by atoms with Gasteiger partial charge in [0.1, 0.15) is 5.75 Å². The van der Waals surface area contributed by atoms with Gasteiger partial charge in [-0.25, -0.2) is 9.97 Å². The van der Waals surface area contributed by atoms with Crippen molar-refractivity contribution in [3.63, 3.8) is 0 Å². The predicted octanol–water partition coefficient (Wildman–Crippen LogP) is 2.13. The zero-order chi connectivity index (χ0) is 17.8. The van der Waals surface area contributed by atoms with Crippen LogP contribution in [0.5, 0.6) is 5.75 Å². The van der Waals surface area contributed by atoms with Gasteiger partial charge in [-0.2, -0.15) is 0 Å². The number of fused-ring (bicyclic) bond motifs is 1. The van der Waals surface area contributed by atoms with E-state index in [-0.39, 0.29) is 18.6 Å². The summed E-state index contributed by atoms with van der Waals surface area (Å²) in [6.07, 6.45) is 8.78. The van der Waals surface area contributed by atoms with Crippen molar-refractivity contribution < 1.29 is 9.53 Å². The van der Waals surface area contributed by atoms with E-state index in [1.807, 2.05) is 12.1 Å². The summed E-state index contributed by atoms with van der Waals surface area (Å²) in [5, 5.41) is 3.08. The molecule has 0 atom stereocenters. The van der Waals surface area contributed by atoms with Crippen molar-refractivity contribution in [3.8, 4) is 5.75 Å². The Morgan fingerprint density at radius 2 is 1.92 bits per heavy atom. The van der Waals surface area contributed by atoms with E-state index in [0.29, 0.717) is 0 Å². The molecule has 26 heavy (non-hydrogen) atoms. The van der Waals surface area contributed by atoms with Crippen molar-refractivity contribution in [2.75, 3.05) is 24.6 Å². The van der Waals surface area contributed by atoms with E-state index in [1.54, 1.807) is 12.4 Å². The highest BCUT2D eigenvalue weighted by Gasteiger charge is 2.22. The van der Waals surface area contributed by atoms with Crippen LogP contribution in [0.2, 0.25) is 0 Å². The number of anilines is 1. The van der Waals surface area contributed by atoms with Crippen LogP contribution >= 0.6 is 0 Å². The highest BCUT2D eigenvalue weighted by atomic mass is 16.5. The van der Waals surface area contributed by atoms with Crippen LogP contribution in [0.4, 0.5) is 5.95 Å². The number of carbonyl (C=O) groups is 1. The lowest BCUT2D eigenvalue weighted by molar-refractivity contribution is -0.123. The van der Waals surface area contributed by atoms with E-state index in [2.05, 4.69) is 32.3 Å². The smallest absolute Gasteiger partial charge is 0.258 e. The number of aromatic nitrogens is 2. The molecule has 1 aliphatic heterocycles. The van der Waals surface area contributed by atoms with Crippen LogP contribution < -0.4 is 15.0 Å². The van der Waals surface area contributed by atoms with Crippen LogP contribution in [0.15, 0.2) is 36.7 Å². The molecule has 6 heteroatoms. The molecule has 0 bridgehead atoms. The van der Waals surface area contributed by atoms with E-state index in [9.17, 15) is 4.79 Å². The van der Waals surface area contributed by atoms with Crippen LogP contribution in [0.1, 0.15) is 30.4 Å². The Bertz CT molecular complexity index is 758. The van der Waals surface area contributed by atoms with Gasteiger partial charge in [-0.1, -0.05) is 6.07 Å². The fraction of sp³-hybridized carbons (Fsp3) is 0.450. The molecule has 0 saturated carbocycles. The quantitative estimate of drug-likeness (QED) is 0.893. The standard InChI is InChI=1S/C20H24N4O2/c25-19(14-26-18-6-5-15-3-1-4-16(15)13-18)23-17-7-11-24(12-8-17)20-21-9-2-10-22-20/h2,5-6,9-10,13,17H,1,3-4,7-8,11-12,14H2,(H,23,25). The number of carbonyl (C=O) groups excluding carboxylic acids is 1. The third-order valence-corrected chi connectivity index (χ3v) is 5.13. The number of amides is 1. The molecule has 0 unspecified atom stereocenters. The highest BCUT2D eigenvalue weighted by molar-refractivity contribution is 5.77. The molecule has 1 fully saturated rings. The first-order valence-corrected chi connectivity index (χ1v) is 9.34. The maximum Gasteiger partial charge on any atom is 0.258 e. The predicted molar refractivity (Wildman–Crippen MR) is 99.4 cm³/mol. The van der Waals surface area contributed by atoms with Crippen molar-refractivity contribution in [2.24, 2.45) is 0 Å². The molecule has 1 saturated heterocycles. The lowest BCUT2D eigenvalue weighted by Gasteiger charge is -2.32. The van der Waals surface area contributed by atoms with Crippen molar-refractivity contribution in [2.45, 2.75) is 38.1 Å². The van der Waals surface area contributed by atoms with Crippen LogP contribution in [-0.2, 0) is 17.6 Å². The Morgan fingerprint density at radius 1 is 1.15 bits per heavy atom. The monoisotopic (exact) mass is 352 g/mol. The number of piperidine rings is 1. The Kier molecular flexibility index (Phi) is 5.00. The van der Waals surface area contributed by atoms with Crippen LogP contribution in [0.3, 0.4) is 0 Å². The molecule has 1 aliphatic carbocycles. The maximum atomic E-state index is 12.2. The first-order valence-electron chi connectivity index (χ1n) is 9.34. The van der Waals surface area contributed by atoms with Crippen molar-refractivity contribution in [1.29, 1.82) is 0 Å². The summed E-state index contributed by atoms with van der Waals surface area (Å²) in [7, 11) is 0. The zero-order valence-corrected chi connectivity index (χ0v) is 14.9. The summed E-state index contributed by atoms with van der Waals surface area (Å²) in [6, 6.07) is 8.17. The molecule has 1 aromatic heterocycles. The van der Waals surface area contributed by atoms with Gasteiger partial charge in [-0.3, -0.25) is 4.79 Å². The van der Waals surface area contributed by atoms with Gasteiger partial charge < -0.3 is 15.0 Å². The Balaban J connectivity index is 1.22. The number of nitrogens with zero attached hydrogens (tertiary/aromatic N) is 3. The number of aryl methyl sites for hydroxylation is 2. The van der Waals surface area contributed by atoms with Crippen LogP contribution in [-0.4, -0.2) is 41.6 Å². The third-order valence-electron chi connectivity index (χ3n) is 5.13. The van der Waals surface area contributed by atoms with E-state index >= 15 is 0 Å². The fourth-order valence-electron chi connectivity index (χ4n) is 3.73. The second-order valence-corrected chi connectivity index (χ2v) is 6.95. The number of ether oxygens (including phenoxy) is 1. The molecule has 2 aliphatic rings. The summed E-state index contributed by atoms with van der Waals surface area (Å²) in [5.74, 6) is 1.49. The second-order valence-electron chi connectivity index (χ2n) is 6.95. The summed E-state index contributed by atoms with van der Waals surface area (Å²) in [5.41, 5.74) is 2.77. The summed E-state index contributed by atoms with van der Waals surface area (Å²) in [6.45, 7) is 1.77. The van der Waals surface area contributed by atoms with Crippen molar-refractivity contribution >= 4 is 11.9 Å². The Hall–Kier alpha value is -2.63. The average Bonchev–Trinajstić information content (AvgIpc) is 3.15. The minimum absolute atomic E-state index is 0.0556. The molecular formula is C20H24N4O2. The van der Waals surface area contributed by atoms with Crippen molar-refractivity contribution in [1.82, 2.24) is 15.3 Å². The van der Waals surface area contributed by atoms with E-state index in [1.165, 1.54) is 17.5 Å². The number of rotatable bonds is 5. The molecule has 4 rings (SSSR count). The topological polar surface area (TPSA) is 67.3 Å². The molecule has 1 aromatic carbocycles. The molecule has 136 valence electrons. The SMILES string of the molecule is O=C(COc1ccc2c(c1)CCC2)NC1CCN(c2ncccn2)CC1. The molecular weight excluding hydrogens is 328 g/mol. The van der Waals surface area contributed by atoms with Gasteiger partial charge in [0, 0.05) is 31.5 Å². The molecule has 6 nitrogen and oxygen atoms in total. The molecule has 0 radical (unpaired) electrons. The van der Waals surface area contributed by atoms with Crippen LogP contribution in [0.25, 0.3) is 0 Å². The summed E-state index contributed by atoms with van der Waals surface area (Å²) in [4.78, 5) is 22.9. The summed E-state index contributed by atoms with van der Waals surface area (Å²) < 4.78 is 5.68. The van der Waals surface area contributed by atoms with E-state index in [4.69, 9.17) is 4.74 Å². The highest BCUT2D eigenvalue weighted by Crippen LogP contribution is 2.26. The van der Waals surface area contributed by atoms with Crippen molar-refractivity contribution in [3.05, 3.63) is 47.8 Å². The average molecular weight is 352 g/mol. The zero-order valence-electron chi connectivity index (χ0n) is 14.9. The first-order chi connectivity index (χ1) is 12.8. The lowest BCUT2D eigenvalue weighted by Crippen LogP contribution is -2.46. The molecule has 1 amide bonds. The number of hydrogen-bond acceptors (Lipinski definition) is 5. The van der Waals surface area contributed by atoms with Gasteiger partial charge in [0.05, 0.1) is 0 Å². The van der Waals surface area contributed by atoms with Gasteiger partial charge in [-0.15, -0.1) is 0 Å². The van der Waals surface area contributed by atoms with Gasteiger partial charge in [0.2, 0.25) is 5.95 Å². The number of nitrogens with one attached hydrogen (secondary N) is 1. The minimum Gasteiger partial charge on any atom is -0.484 e. The second kappa shape index (κ2) is 7.72. The largest absolute Gasteiger partial charge is 0.484 e. The molecule has 0 spiro atoms. The minimum atomic E-state index is -0.0556. The Labute approximate surface area is 153 Å².